The molecule has 0 saturated carbocycles. The molecule has 0 radical (unpaired) electrons. The molecule has 3 aromatic rings. The molecule has 7 nitrogen and oxygen atoms in total. The van der Waals surface area contributed by atoms with Gasteiger partial charge in [0.1, 0.15) is 0 Å². The molecule has 0 aliphatic carbocycles. The van der Waals surface area contributed by atoms with E-state index in [9.17, 15) is 4.79 Å². The average Bonchev–Trinajstić information content (AvgIpc) is 3.56. The first-order chi connectivity index (χ1) is 16.2. The Balaban J connectivity index is 1.21. The Bertz CT molecular complexity index is 1040. The Morgan fingerprint density at radius 2 is 1.52 bits per heavy atom. The van der Waals surface area contributed by atoms with Gasteiger partial charge in [0.15, 0.2) is 11.7 Å². The molecule has 1 aliphatic heterocycles. The van der Waals surface area contributed by atoms with Gasteiger partial charge in [-0.1, -0.05) is 36.4 Å². The van der Waals surface area contributed by atoms with Crippen molar-refractivity contribution in [3.8, 4) is 0 Å². The lowest BCUT2D eigenvalue weighted by atomic mass is 10.1. The van der Waals surface area contributed by atoms with Crippen LogP contribution < -0.4 is 16.0 Å². The smallest absolute Gasteiger partial charge is 0.291 e. The largest absolute Gasteiger partial charge is 0.459 e. The fourth-order valence-electron chi connectivity index (χ4n) is 3.86. The molecule has 1 fully saturated rings. The zero-order chi connectivity index (χ0) is 22.9. The number of anilines is 1. The summed E-state index contributed by atoms with van der Waals surface area (Å²) in [5.74, 6) is 0.766. The second-order valence-electron chi connectivity index (χ2n) is 8.21. The quantitative estimate of drug-likeness (QED) is 0.361. The molecule has 0 bridgehead atoms. The van der Waals surface area contributed by atoms with Gasteiger partial charge < -0.3 is 20.4 Å². The molecule has 1 aliphatic rings. The third-order valence-corrected chi connectivity index (χ3v) is 5.73. The van der Waals surface area contributed by atoms with Crippen molar-refractivity contribution in [2.24, 2.45) is 4.99 Å². The maximum Gasteiger partial charge on any atom is 0.291 e. The van der Waals surface area contributed by atoms with Gasteiger partial charge in [-0.3, -0.25) is 14.7 Å². The van der Waals surface area contributed by atoms with Crippen molar-refractivity contribution in [1.29, 1.82) is 0 Å². The molecule has 0 spiro atoms. The van der Waals surface area contributed by atoms with E-state index >= 15 is 0 Å². The summed E-state index contributed by atoms with van der Waals surface area (Å²) in [7, 11) is 1.77. The molecule has 4 rings (SSSR count). The molecule has 1 aromatic heterocycles. The topological polar surface area (TPSA) is 81.9 Å². The third-order valence-electron chi connectivity index (χ3n) is 5.73. The highest BCUT2D eigenvalue weighted by molar-refractivity contribution is 6.02. The van der Waals surface area contributed by atoms with Crippen LogP contribution in [0.3, 0.4) is 0 Å². The highest BCUT2D eigenvalue weighted by atomic mass is 16.3. The monoisotopic (exact) mass is 445 g/mol. The summed E-state index contributed by atoms with van der Waals surface area (Å²) >= 11 is 0. The first kappa shape index (κ1) is 22.6. The number of amides is 1. The number of nitrogens with one attached hydrogen (secondary N) is 3. The highest BCUT2D eigenvalue weighted by Crippen LogP contribution is 2.14. The lowest BCUT2D eigenvalue weighted by Crippen LogP contribution is -2.36. The number of aliphatic imine (C=N–C) groups is 1. The molecule has 2 aromatic carbocycles. The number of carbonyl (C=O) groups excluding carboxylic acids is 1. The molecular formula is C26H31N5O2. The minimum atomic E-state index is -0.264. The number of benzene rings is 2. The Morgan fingerprint density at radius 1 is 0.909 bits per heavy atom. The van der Waals surface area contributed by atoms with Crippen LogP contribution in [-0.2, 0) is 19.6 Å². The van der Waals surface area contributed by atoms with Crippen LogP contribution in [0.1, 0.15) is 40.1 Å². The van der Waals surface area contributed by atoms with E-state index in [1.54, 1.807) is 19.2 Å². The lowest BCUT2D eigenvalue weighted by molar-refractivity contribution is 0.0996. The highest BCUT2D eigenvalue weighted by Gasteiger charge is 2.11. The van der Waals surface area contributed by atoms with E-state index in [0.29, 0.717) is 13.1 Å². The first-order valence-electron chi connectivity index (χ1n) is 11.4. The normalized spacial score (nSPS) is 14.3. The van der Waals surface area contributed by atoms with E-state index < -0.39 is 0 Å². The molecular weight excluding hydrogens is 414 g/mol. The lowest BCUT2D eigenvalue weighted by Gasteiger charge is -2.15. The fourth-order valence-corrected chi connectivity index (χ4v) is 3.86. The Kier molecular flexibility index (Phi) is 7.76. The van der Waals surface area contributed by atoms with Gasteiger partial charge in [0.25, 0.3) is 5.91 Å². The van der Waals surface area contributed by atoms with Crippen molar-refractivity contribution in [3.05, 3.63) is 89.4 Å². The first-order valence-corrected chi connectivity index (χ1v) is 11.4. The van der Waals surface area contributed by atoms with Gasteiger partial charge in [-0.25, -0.2) is 0 Å². The van der Waals surface area contributed by atoms with E-state index in [-0.39, 0.29) is 11.7 Å². The van der Waals surface area contributed by atoms with E-state index in [2.05, 4.69) is 50.1 Å². The Labute approximate surface area is 194 Å². The standard InChI is InChI=1S/C26H31N5O2/c1-27-26(28-17-20-6-8-22(9-7-20)19-31-14-2-3-15-31)29-18-21-10-12-23(13-11-21)30-25(32)24-5-4-16-33-24/h4-13,16H,2-3,14-15,17-19H2,1H3,(H,30,32)(H2,27,28,29). The Hall–Kier alpha value is -3.58. The molecule has 7 heteroatoms. The number of hydrogen-bond acceptors (Lipinski definition) is 4. The van der Waals surface area contributed by atoms with E-state index in [1.165, 1.54) is 43.3 Å². The van der Waals surface area contributed by atoms with Crippen molar-refractivity contribution in [2.45, 2.75) is 32.5 Å². The maximum atomic E-state index is 12.1. The number of nitrogens with zero attached hydrogens (tertiary/aromatic N) is 2. The van der Waals surface area contributed by atoms with Crippen molar-refractivity contribution in [2.75, 3.05) is 25.5 Å². The molecule has 3 N–H and O–H groups in total. The summed E-state index contributed by atoms with van der Waals surface area (Å²) in [4.78, 5) is 18.9. The molecule has 1 amide bonds. The van der Waals surface area contributed by atoms with Gasteiger partial charge in [0.05, 0.1) is 6.26 Å². The van der Waals surface area contributed by atoms with Gasteiger partial charge >= 0.3 is 0 Å². The number of guanidine groups is 1. The molecule has 0 atom stereocenters. The summed E-state index contributed by atoms with van der Waals surface area (Å²) in [5.41, 5.74) is 4.39. The second kappa shape index (κ2) is 11.3. The summed E-state index contributed by atoms with van der Waals surface area (Å²) in [5, 5.41) is 9.51. The fraction of sp³-hybridized carbons (Fsp3) is 0.308. The predicted octanol–water partition coefficient (Wildman–Crippen LogP) is 3.99. The van der Waals surface area contributed by atoms with Crippen molar-refractivity contribution in [1.82, 2.24) is 15.5 Å². The SMILES string of the molecule is CN=C(NCc1ccc(CN2CCCC2)cc1)NCc1ccc(NC(=O)c2ccco2)cc1. The van der Waals surface area contributed by atoms with Gasteiger partial charge in [-0.15, -0.1) is 0 Å². The van der Waals surface area contributed by atoms with Crippen LogP contribution in [0.2, 0.25) is 0 Å². The van der Waals surface area contributed by atoms with Gasteiger partial charge in [-0.2, -0.15) is 0 Å². The van der Waals surface area contributed by atoms with Crippen LogP contribution >= 0.6 is 0 Å². The third kappa shape index (κ3) is 6.70. The number of furan rings is 1. The van der Waals surface area contributed by atoms with Gasteiger partial charge in [0.2, 0.25) is 0 Å². The summed E-state index contributed by atoms with van der Waals surface area (Å²) in [6.07, 6.45) is 4.12. The Morgan fingerprint density at radius 3 is 2.09 bits per heavy atom. The molecule has 0 unspecified atom stereocenters. The zero-order valence-electron chi connectivity index (χ0n) is 19.0. The van der Waals surface area contributed by atoms with Crippen LogP contribution in [0.5, 0.6) is 0 Å². The van der Waals surface area contributed by atoms with Crippen LogP contribution in [0.4, 0.5) is 5.69 Å². The van der Waals surface area contributed by atoms with Crippen molar-refractivity contribution < 1.29 is 9.21 Å². The summed E-state index contributed by atoms with van der Waals surface area (Å²) < 4.78 is 5.11. The predicted molar refractivity (Wildman–Crippen MR) is 131 cm³/mol. The summed E-state index contributed by atoms with van der Waals surface area (Å²) in [6, 6.07) is 19.8. The second-order valence-corrected chi connectivity index (χ2v) is 8.21. The van der Waals surface area contributed by atoms with Crippen LogP contribution in [-0.4, -0.2) is 36.9 Å². The minimum Gasteiger partial charge on any atom is -0.459 e. The molecule has 1 saturated heterocycles. The number of rotatable bonds is 8. The van der Waals surface area contributed by atoms with Crippen LogP contribution in [0.25, 0.3) is 0 Å². The van der Waals surface area contributed by atoms with E-state index in [4.69, 9.17) is 4.42 Å². The molecule has 172 valence electrons. The van der Waals surface area contributed by atoms with Crippen LogP contribution in [0.15, 0.2) is 76.3 Å². The minimum absolute atomic E-state index is 0.264. The van der Waals surface area contributed by atoms with Gasteiger partial charge in [-0.05, 0) is 66.9 Å². The van der Waals surface area contributed by atoms with Crippen molar-refractivity contribution >= 4 is 17.6 Å². The van der Waals surface area contributed by atoms with E-state index in [1.807, 2.05) is 24.3 Å². The maximum absolute atomic E-state index is 12.1. The molecule has 33 heavy (non-hydrogen) atoms. The van der Waals surface area contributed by atoms with Crippen molar-refractivity contribution in [3.63, 3.8) is 0 Å². The number of carbonyl (C=O) groups is 1. The molecule has 2 heterocycles. The number of likely N-dealkylation sites (tertiary alicyclic amines) is 1. The van der Waals surface area contributed by atoms with E-state index in [0.717, 1.165) is 23.8 Å². The zero-order valence-corrected chi connectivity index (χ0v) is 19.0. The summed E-state index contributed by atoms with van der Waals surface area (Å²) in [6.45, 7) is 4.81. The van der Waals surface area contributed by atoms with Gasteiger partial charge in [0, 0.05) is 32.4 Å². The van der Waals surface area contributed by atoms with Crippen LogP contribution in [0, 0.1) is 0 Å². The number of hydrogen-bond donors (Lipinski definition) is 3. The average molecular weight is 446 g/mol.